The molecule has 2 nitrogen and oxygen atoms in total. The molecule has 3 heteroatoms. The summed E-state index contributed by atoms with van der Waals surface area (Å²) in [6.45, 7) is 0.788. The average molecular weight is 268 g/mol. The van der Waals surface area contributed by atoms with Gasteiger partial charge in [0.2, 0.25) is 0 Å². The van der Waals surface area contributed by atoms with Gasteiger partial charge in [-0.1, -0.05) is 28.1 Å². The highest BCUT2D eigenvalue weighted by atomic mass is 79.9. The standard InChI is InChI=1S/C12H14BrNO/c13-10-6-4-9(5-7-10)12(14)11-3-1-2-8-15-11/h3-7,12H,1-2,8,14H2. The lowest BCUT2D eigenvalue weighted by Crippen LogP contribution is -2.17. The monoisotopic (exact) mass is 267 g/mol. The Morgan fingerprint density at radius 3 is 2.60 bits per heavy atom. The van der Waals surface area contributed by atoms with Crippen LogP contribution in [-0.4, -0.2) is 6.61 Å². The number of allylic oxidation sites excluding steroid dienone is 1. The summed E-state index contributed by atoms with van der Waals surface area (Å²) in [7, 11) is 0. The molecule has 1 atom stereocenters. The molecule has 0 amide bonds. The summed E-state index contributed by atoms with van der Waals surface area (Å²) < 4.78 is 6.62. The van der Waals surface area contributed by atoms with Crippen molar-refractivity contribution in [2.45, 2.75) is 18.9 Å². The first-order chi connectivity index (χ1) is 7.27. The summed E-state index contributed by atoms with van der Waals surface area (Å²) in [5.74, 6) is 0.906. The van der Waals surface area contributed by atoms with Crippen molar-refractivity contribution in [2.24, 2.45) is 5.73 Å². The maximum atomic E-state index is 6.11. The first kappa shape index (κ1) is 10.7. The van der Waals surface area contributed by atoms with Gasteiger partial charge in [-0.2, -0.15) is 0 Å². The first-order valence-electron chi connectivity index (χ1n) is 5.11. The quantitative estimate of drug-likeness (QED) is 0.894. The maximum Gasteiger partial charge on any atom is 0.113 e. The van der Waals surface area contributed by atoms with Gasteiger partial charge in [0.05, 0.1) is 12.6 Å². The van der Waals surface area contributed by atoms with E-state index in [2.05, 4.69) is 22.0 Å². The number of hydrogen-bond acceptors (Lipinski definition) is 2. The molecule has 2 N–H and O–H groups in total. The molecule has 1 aliphatic rings. The summed E-state index contributed by atoms with van der Waals surface area (Å²) in [5, 5.41) is 0. The SMILES string of the molecule is NC(C1=CCCCO1)c1ccc(Br)cc1. The van der Waals surface area contributed by atoms with Gasteiger partial charge in [0.15, 0.2) is 0 Å². The van der Waals surface area contributed by atoms with Crippen molar-refractivity contribution < 1.29 is 4.74 Å². The lowest BCUT2D eigenvalue weighted by Gasteiger charge is -2.20. The van der Waals surface area contributed by atoms with Crippen molar-refractivity contribution in [2.75, 3.05) is 6.61 Å². The van der Waals surface area contributed by atoms with Gasteiger partial charge in [-0.15, -0.1) is 0 Å². The van der Waals surface area contributed by atoms with Crippen LogP contribution in [0.2, 0.25) is 0 Å². The van der Waals surface area contributed by atoms with Crippen LogP contribution < -0.4 is 5.73 Å². The molecule has 0 radical (unpaired) electrons. The normalized spacial score (nSPS) is 17.9. The third kappa shape index (κ3) is 2.61. The van der Waals surface area contributed by atoms with Gasteiger partial charge in [0, 0.05) is 4.47 Å². The van der Waals surface area contributed by atoms with E-state index < -0.39 is 0 Å². The van der Waals surface area contributed by atoms with Crippen LogP contribution in [0.4, 0.5) is 0 Å². The highest BCUT2D eigenvalue weighted by molar-refractivity contribution is 9.10. The molecule has 1 aromatic rings. The molecule has 0 bridgehead atoms. The Morgan fingerprint density at radius 1 is 1.27 bits per heavy atom. The lowest BCUT2D eigenvalue weighted by molar-refractivity contribution is 0.176. The summed E-state index contributed by atoms with van der Waals surface area (Å²) >= 11 is 3.40. The smallest absolute Gasteiger partial charge is 0.113 e. The van der Waals surface area contributed by atoms with E-state index >= 15 is 0 Å². The van der Waals surface area contributed by atoms with Gasteiger partial charge in [-0.05, 0) is 36.6 Å². The third-order valence-electron chi connectivity index (χ3n) is 2.50. The molecule has 0 aliphatic carbocycles. The molecular weight excluding hydrogens is 254 g/mol. The fourth-order valence-corrected chi connectivity index (χ4v) is 1.89. The molecule has 1 unspecified atom stereocenters. The molecule has 1 aliphatic heterocycles. The maximum absolute atomic E-state index is 6.11. The molecule has 1 heterocycles. The van der Waals surface area contributed by atoms with Crippen molar-refractivity contribution in [1.82, 2.24) is 0 Å². The Bertz CT molecular complexity index is 358. The highest BCUT2D eigenvalue weighted by Gasteiger charge is 2.15. The van der Waals surface area contributed by atoms with E-state index in [1.165, 1.54) is 0 Å². The van der Waals surface area contributed by atoms with Crippen LogP contribution in [0.3, 0.4) is 0 Å². The summed E-state index contributed by atoms with van der Waals surface area (Å²) in [4.78, 5) is 0. The molecule has 0 saturated heterocycles. The van der Waals surface area contributed by atoms with E-state index in [4.69, 9.17) is 10.5 Å². The van der Waals surface area contributed by atoms with Crippen LogP contribution in [0, 0.1) is 0 Å². The van der Waals surface area contributed by atoms with Crippen LogP contribution in [0.5, 0.6) is 0 Å². The summed E-state index contributed by atoms with van der Waals surface area (Å²) in [6.07, 6.45) is 4.26. The van der Waals surface area contributed by atoms with Gasteiger partial charge in [0.1, 0.15) is 5.76 Å². The lowest BCUT2D eigenvalue weighted by atomic mass is 10.0. The Kier molecular flexibility index (Phi) is 3.44. The molecule has 0 aromatic heterocycles. The molecule has 0 saturated carbocycles. The van der Waals surface area contributed by atoms with Crippen LogP contribution >= 0.6 is 15.9 Å². The summed E-state index contributed by atoms with van der Waals surface area (Å²) in [5.41, 5.74) is 7.20. The number of halogens is 1. The van der Waals surface area contributed by atoms with Crippen LogP contribution in [-0.2, 0) is 4.74 Å². The van der Waals surface area contributed by atoms with E-state index in [1.807, 2.05) is 24.3 Å². The van der Waals surface area contributed by atoms with E-state index in [1.54, 1.807) is 0 Å². The number of ether oxygens (including phenoxy) is 1. The molecule has 15 heavy (non-hydrogen) atoms. The van der Waals surface area contributed by atoms with Gasteiger partial charge in [0.25, 0.3) is 0 Å². The van der Waals surface area contributed by atoms with Gasteiger partial charge < -0.3 is 10.5 Å². The fourth-order valence-electron chi connectivity index (χ4n) is 1.63. The van der Waals surface area contributed by atoms with Crippen molar-refractivity contribution in [3.63, 3.8) is 0 Å². The average Bonchev–Trinajstić information content (AvgIpc) is 2.30. The van der Waals surface area contributed by atoms with Crippen LogP contribution in [0.15, 0.2) is 40.6 Å². The Morgan fingerprint density at radius 2 is 2.00 bits per heavy atom. The van der Waals surface area contributed by atoms with Gasteiger partial charge >= 0.3 is 0 Å². The molecule has 1 aromatic carbocycles. The minimum absolute atomic E-state index is 0.126. The van der Waals surface area contributed by atoms with E-state index in [-0.39, 0.29) is 6.04 Å². The number of hydrogen-bond donors (Lipinski definition) is 1. The first-order valence-corrected chi connectivity index (χ1v) is 5.90. The predicted octanol–water partition coefficient (Wildman–Crippen LogP) is 3.14. The Labute approximate surface area is 98.2 Å². The molecule has 80 valence electrons. The Hall–Kier alpha value is -0.800. The minimum atomic E-state index is -0.126. The number of benzene rings is 1. The second-order valence-corrected chi connectivity index (χ2v) is 4.54. The zero-order valence-electron chi connectivity index (χ0n) is 8.45. The Balaban J connectivity index is 2.16. The highest BCUT2D eigenvalue weighted by Crippen LogP contribution is 2.24. The zero-order chi connectivity index (χ0) is 10.7. The topological polar surface area (TPSA) is 35.2 Å². The van der Waals surface area contributed by atoms with Crippen molar-refractivity contribution >= 4 is 15.9 Å². The van der Waals surface area contributed by atoms with Crippen LogP contribution in [0.1, 0.15) is 24.4 Å². The molecule has 0 spiro atoms. The number of rotatable bonds is 2. The molecule has 0 fully saturated rings. The fraction of sp³-hybridized carbons (Fsp3) is 0.333. The van der Waals surface area contributed by atoms with Crippen molar-refractivity contribution in [3.05, 3.63) is 46.1 Å². The largest absolute Gasteiger partial charge is 0.496 e. The number of nitrogens with two attached hydrogens (primary N) is 1. The van der Waals surface area contributed by atoms with Gasteiger partial charge in [-0.3, -0.25) is 0 Å². The summed E-state index contributed by atoms with van der Waals surface area (Å²) in [6, 6.07) is 7.91. The minimum Gasteiger partial charge on any atom is -0.496 e. The van der Waals surface area contributed by atoms with Crippen molar-refractivity contribution in [3.8, 4) is 0 Å². The predicted molar refractivity (Wildman–Crippen MR) is 64.3 cm³/mol. The zero-order valence-corrected chi connectivity index (χ0v) is 10.0. The second-order valence-electron chi connectivity index (χ2n) is 3.63. The molecule has 2 rings (SSSR count). The third-order valence-corrected chi connectivity index (χ3v) is 3.03. The van der Waals surface area contributed by atoms with Gasteiger partial charge in [-0.25, -0.2) is 0 Å². The molecular formula is C12H14BrNO. The van der Waals surface area contributed by atoms with Crippen LogP contribution in [0.25, 0.3) is 0 Å². The van der Waals surface area contributed by atoms with E-state index in [0.717, 1.165) is 35.2 Å². The van der Waals surface area contributed by atoms with E-state index in [0.29, 0.717) is 0 Å². The second kappa shape index (κ2) is 4.81. The van der Waals surface area contributed by atoms with E-state index in [9.17, 15) is 0 Å². The van der Waals surface area contributed by atoms with Crippen molar-refractivity contribution in [1.29, 1.82) is 0 Å².